The fourth-order valence-corrected chi connectivity index (χ4v) is 9.97. The number of aliphatic hydroxyl groups is 16. The molecule has 0 aromatic carbocycles. The summed E-state index contributed by atoms with van der Waals surface area (Å²) in [4.78, 5) is 37.3. The Morgan fingerprint density at radius 2 is 0.618 bits per heavy atom. The van der Waals surface area contributed by atoms with E-state index in [4.69, 9.17) is 52.1 Å². The fourth-order valence-electron chi connectivity index (χ4n) is 9.97. The number of carbonyl (C=O) groups is 3. The van der Waals surface area contributed by atoms with Crippen LogP contribution in [0, 0.1) is 0 Å². The van der Waals surface area contributed by atoms with Gasteiger partial charge in [0.25, 0.3) is 0 Å². The van der Waals surface area contributed by atoms with Crippen LogP contribution in [0.3, 0.4) is 0 Å². The van der Waals surface area contributed by atoms with Crippen molar-refractivity contribution in [1.29, 1.82) is 0 Å². The van der Waals surface area contributed by atoms with Gasteiger partial charge in [-0.15, -0.1) is 0 Å². The zero-order chi connectivity index (χ0) is 56.2. The molecule has 6 heterocycles. The second-order valence-electron chi connectivity index (χ2n) is 19.3. The lowest BCUT2D eigenvalue weighted by atomic mass is 9.92. The minimum absolute atomic E-state index is 0.579. The van der Waals surface area contributed by atoms with E-state index >= 15 is 0 Å². The Balaban J connectivity index is 1.21. The van der Waals surface area contributed by atoms with Crippen LogP contribution in [-0.2, 0) is 66.5 Å². The van der Waals surface area contributed by atoms with Gasteiger partial charge in [0.05, 0.1) is 51.8 Å². The number of carbonyl (C=O) groups excluding carboxylic acids is 3. The second kappa shape index (κ2) is 27.2. The van der Waals surface area contributed by atoms with Crippen LogP contribution in [0.5, 0.6) is 0 Å². The third kappa shape index (κ3) is 13.6. The molecule has 0 aliphatic carbocycles. The van der Waals surface area contributed by atoms with Crippen LogP contribution in [0.25, 0.3) is 0 Å². The average molecular weight is 1110 g/mol. The number of ether oxygens (including phenoxy) is 11. The maximum Gasteiger partial charge on any atom is 0.217 e. The Bertz CT molecular complexity index is 1870. The highest BCUT2D eigenvalue weighted by Gasteiger charge is 2.58. The molecule has 0 aromatic heterocycles. The quantitative estimate of drug-likeness (QED) is 0.0571. The van der Waals surface area contributed by atoms with E-state index in [-0.39, 0.29) is 0 Å². The Hall–Kier alpha value is -2.67. The molecule has 440 valence electrons. The summed E-state index contributed by atoms with van der Waals surface area (Å²) in [5.41, 5.74) is 0. The Morgan fingerprint density at radius 1 is 0.329 bits per heavy atom. The minimum Gasteiger partial charge on any atom is -0.394 e. The average Bonchev–Trinajstić information content (AvgIpc) is 3.38. The summed E-state index contributed by atoms with van der Waals surface area (Å²) in [6, 6.07) is -4.62. The lowest BCUT2D eigenvalue weighted by molar-refractivity contribution is -0.384. The number of hydrogen-bond donors (Lipinski definition) is 19. The van der Waals surface area contributed by atoms with Crippen molar-refractivity contribution in [3.63, 3.8) is 0 Å². The highest BCUT2D eigenvalue weighted by Crippen LogP contribution is 2.37. The lowest BCUT2D eigenvalue weighted by Gasteiger charge is -2.51. The molecule has 3 amide bonds. The zero-order valence-electron chi connectivity index (χ0n) is 41.4. The van der Waals surface area contributed by atoms with E-state index in [1.54, 1.807) is 0 Å². The largest absolute Gasteiger partial charge is 0.394 e. The molecule has 6 aliphatic rings. The van der Waals surface area contributed by atoms with Gasteiger partial charge in [-0.3, -0.25) is 14.4 Å². The lowest BCUT2D eigenvalue weighted by Crippen LogP contribution is -2.71. The first-order valence-corrected chi connectivity index (χ1v) is 24.4. The third-order valence-corrected chi connectivity index (χ3v) is 13.9. The molecule has 33 nitrogen and oxygen atoms in total. The van der Waals surface area contributed by atoms with Gasteiger partial charge < -0.3 is 150 Å². The van der Waals surface area contributed by atoms with Crippen LogP contribution in [0.1, 0.15) is 27.7 Å². The van der Waals surface area contributed by atoms with Crippen molar-refractivity contribution in [3.05, 3.63) is 0 Å². The van der Waals surface area contributed by atoms with Crippen LogP contribution >= 0.6 is 0 Å². The maximum atomic E-state index is 12.7. The number of aliphatic hydroxyl groups excluding tert-OH is 16. The first kappa shape index (κ1) is 62.5. The molecule has 76 heavy (non-hydrogen) atoms. The van der Waals surface area contributed by atoms with Gasteiger partial charge in [-0.2, -0.15) is 0 Å². The molecule has 0 saturated carbocycles. The molecule has 6 rings (SSSR count). The molecule has 6 saturated heterocycles. The fraction of sp³-hybridized carbons (Fsp3) is 0.930. The summed E-state index contributed by atoms with van der Waals surface area (Å²) in [6.45, 7) is -0.843. The number of nitrogens with one attached hydrogen (secondary N) is 3. The Kier molecular flexibility index (Phi) is 22.4. The smallest absolute Gasteiger partial charge is 0.217 e. The van der Waals surface area contributed by atoms with Crippen LogP contribution < -0.4 is 16.0 Å². The van der Waals surface area contributed by atoms with Gasteiger partial charge in [0.15, 0.2) is 31.5 Å². The molecule has 0 spiro atoms. The number of hydrogen-bond acceptors (Lipinski definition) is 30. The van der Waals surface area contributed by atoms with E-state index in [9.17, 15) is 96.1 Å². The first-order chi connectivity index (χ1) is 35.9. The molecule has 0 radical (unpaired) electrons. The SMILES string of the molecule is CC(=O)NC1[C@H](O[C@@H]2C(O)[C@H](O[C@@H]3C(CO)O[C@@H](O[C@@H]4C(O)[C@H](O[C@@H]5C(NC(C)=O)C(C)OC(CO)[C@@H]5O)OC(CO)[C@@H]4O)C(NC(C)=O)[C@H]3O)OC(CO)[C@@H]2O)OC(CO)[C@@H](O[C@@H]2OC(CO)[C@H](O)[C@H](O)C2O)[C@@H]1O. The molecule has 6 aliphatic heterocycles. The number of rotatable bonds is 19. The molecule has 0 aromatic rings. The van der Waals surface area contributed by atoms with E-state index in [2.05, 4.69) is 16.0 Å². The number of amides is 3. The van der Waals surface area contributed by atoms with Crippen molar-refractivity contribution in [2.24, 2.45) is 0 Å². The maximum absolute atomic E-state index is 12.7. The molecule has 30 atom stereocenters. The second-order valence-corrected chi connectivity index (χ2v) is 19.3. The van der Waals surface area contributed by atoms with E-state index in [0.717, 1.165) is 13.8 Å². The van der Waals surface area contributed by atoms with E-state index in [1.165, 1.54) is 13.8 Å². The highest BCUT2D eigenvalue weighted by atomic mass is 16.8. The molecule has 6 fully saturated rings. The van der Waals surface area contributed by atoms with Crippen molar-refractivity contribution in [2.75, 3.05) is 39.6 Å². The topological polar surface area (TPSA) is 513 Å². The van der Waals surface area contributed by atoms with Gasteiger partial charge in [0, 0.05) is 20.8 Å². The zero-order valence-corrected chi connectivity index (χ0v) is 41.4. The summed E-state index contributed by atoms with van der Waals surface area (Å²) in [7, 11) is 0. The predicted octanol–water partition coefficient (Wildman–Crippen LogP) is -12.6. The van der Waals surface area contributed by atoms with Crippen molar-refractivity contribution in [1.82, 2.24) is 16.0 Å². The summed E-state index contributed by atoms with van der Waals surface area (Å²) in [6.07, 6.45) is -48.7. The normalized spacial score (nSPS) is 48.2. The molecule has 33 heteroatoms. The van der Waals surface area contributed by atoms with Crippen molar-refractivity contribution in [3.8, 4) is 0 Å². The van der Waals surface area contributed by atoms with Crippen molar-refractivity contribution < 1.29 is 148 Å². The summed E-state index contributed by atoms with van der Waals surface area (Å²) >= 11 is 0. The molecular formula is C43H73N3O30. The van der Waals surface area contributed by atoms with Crippen LogP contribution in [-0.4, -0.2) is 323 Å². The Morgan fingerprint density at radius 3 is 0.987 bits per heavy atom. The van der Waals surface area contributed by atoms with Crippen LogP contribution in [0.4, 0.5) is 0 Å². The summed E-state index contributed by atoms with van der Waals surface area (Å²) in [5, 5.41) is 180. The van der Waals surface area contributed by atoms with Gasteiger partial charge in [-0.1, -0.05) is 0 Å². The van der Waals surface area contributed by atoms with Crippen molar-refractivity contribution in [2.45, 2.75) is 212 Å². The molecular weight excluding hydrogens is 1040 g/mol. The highest BCUT2D eigenvalue weighted by molar-refractivity contribution is 5.74. The summed E-state index contributed by atoms with van der Waals surface area (Å²) < 4.78 is 63.8. The van der Waals surface area contributed by atoms with E-state index in [1.807, 2.05) is 0 Å². The molecule has 19 N–H and O–H groups in total. The standard InChI is InChI=1S/C43H73N3O30/c1-11-21(44-12(2)53)36(25(57)16(6-48)66-11)74-43-33(65)38(27(59)18(8-50)69-43)76-40-23(46-14(4)55)29(61)35(20(10-52)71-40)73-42-32(64)37(26(58)17(7-49)68-42)75-39-22(45-13(3)54)28(60)34(19(9-51)70-39)72-41-31(63)30(62)24(56)15(5-47)67-41/h11,15-43,47-52,56-65H,5-10H2,1-4H3,(H,44,53)(H,45,54)(H,46,55)/t11?,15?,16?,17?,18?,19?,20?,21?,22?,23?,24-,25-,26-,27-,28+,29+,30-,31?,32?,33?,34+,35+,36+,37-,38-,39-,40-,41-,42-,43-/m0/s1. The van der Waals surface area contributed by atoms with Gasteiger partial charge in [0.2, 0.25) is 17.7 Å². The predicted molar refractivity (Wildman–Crippen MR) is 237 cm³/mol. The summed E-state index contributed by atoms with van der Waals surface area (Å²) in [5.74, 6) is -2.24. The van der Waals surface area contributed by atoms with Crippen LogP contribution in [0.15, 0.2) is 0 Å². The van der Waals surface area contributed by atoms with Gasteiger partial charge in [-0.05, 0) is 6.92 Å². The Labute approximate surface area is 432 Å². The van der Waals surface area contributed by atoms with Gasteiger partial charge in [-0.25, -0.2) is 0 Å². The molecule has 13 unspecified atom stereocenters. The third-order valence-electron chi connectivity index (χ3n) is 13.9. The monoisotopic (exact) mass is 1110 g/mol. The van der Waals surface area contributed by atoms with Crippen LogP contribution in [0.2, 0.25) is 0 Å². The van der Waals surface area contributed by atoms with Gasteiger partial charge in [0.1, 0.15) is 140 Å². The van der Waals surface area contributed by atoms with Crippen molar-refractivity contribution >= 4 is 17.7 Å². The minimum atomic E-state index is -2.21. The molecule has 0 bridgehead atoms. The van der Waals surface area contributed by atoms with Gasteiger partial charge >= 0.3 is 0 Å². The first-order valence-electron chi connectivity index (χ1n) is 24.4. The van der Waals surface area contributed by atoms with E-state index in [0.29, 0.717) is 0 Å². The van der Waals surface area contributed by atoms with E-state index < -0.39 is 241 Å².